The molecule has 2 aliphatic rings. The summed E-state index contributed by atoms with van der Waals surface area (Å²) in [5.74, 6) is -1.41. The van der Waals surface area contributed by atoms with Crippen LogP contribution >= 0.6 is 11.6 Å². The fourth-order valence-electron chi connectivity index (χ4n) is 5.41. The molecular weight excluding hydrogens is 572 g/mol. The molecule has 0 saturated carbocycles. The number of aromatic nitrogens is 2. The maximum absolute atomic E-state index is 14.7. The van der Waals surface area contributed by atoms with Crippen LogP contribution < -0.4 is 10.6 Å². The molecule has 10 nitrogen and oxygen atoms in total. The van der Waals surface area contributed by atoms with E-state index >= 15 is 0 Å². The minimum absolute atomic E-state index is 0.0454. The number of ether oxygens (including phenoxy) is 2. The van der Waals surface area contributed by atoms with E-state index in [1.807, 2.05) is 6.92 Å². The van der Waals surface area contributed by atoms with Crippen molar-refractivity contribution < 1.29 is 32.6 Å². The summed E-state index contributed by atoms with van der Waals surface area (Å²) in [7, 11) is 1.25. The van der Waals surface area contributed by atoms with Gasteiger partial charge in [-0.25, -0.2) is 23.4 Å². The van der Waals surface area contributed by atoms with Crippen LogP contribution in [-0.2, 0) is 14.3 Å². The van der Waals surface area contributed by atoms with Gasteiger partial charge in [0, 0.05) is 30.6 Å². The van der Waals surface area contributed by atoms with Gasteiger partial charge in [0.05, 0.1) is 41.3 Å². The SMILES string of the molecule is COC(=O)Nc1ccc2c(c1)NC(=O)CC(C)CCCC(N1CC[C@H](c3c(F)ccc(Cl)c3F)OC1=O)c1ncc-2[nH]1. The Balaban J connectivity index is 1.45. The fraction of sp³-hybridized carbons (Fsp3) is 0.379. The number of methoxy groups -OCH3 is 1. The van der Waals surface area contributed by atoms with Crippen LogP contribution in [0.2, 0.25) is 5.02 Å². The average molecular weight is 602 g/mol. The van der Waals surface area contributed by atoms with Crippen molar-refractivity contribution in [1.29, 1.82) is 0 Å². The van der Waals surface area contributed by atoms with Crippen LogP contribution in [-0.4, -0.2) is 46.6 Å². The molecule has 222 valence electrons. The van der Waals surface area contributed by atoms with Crippen molar-refractivity contribution in [2.45, 2.75) is 51.2 Å². The molecule has 0 spiro atoms. The molecule has 0 aliphatic carbocycles. The predicted octanol–water partition coefficient (Wildman–Crippen LogP) is 6.96. The highest BCUT2D eigenvalue weighted by Gasteiger charge is 2.37. The lowest BCUT2D eigenvalue weighted by atomic mass is 9.96. The number of carbonyl (C=O) groups is 3. The Morgan fingerprint density at radius 2 is 2.00 bits per heavy atom. The molecule has 2 unspecified atom stereocenters. The number of benzene rings is 2. The van der Waals surface area contributed by atoms with Gasteiger partial charge in [0.15, 0.2) is 5.82 Å². The van der Waals surface area contributed by atoms with Crippen LogP contribution in [0.3, 0.4) is 0 Å². The number of halogens is 3. The zero-order valence-corrected chi connectivity index (χ0v) is 23.8. The van der Waals surface area contributed by atoms with Crippen molar-refractivity contribution >= 4 is 41.1 Å². The van der Waals surface area contributed by atoms with Crippen LogP contribution in [0.25, 0.3) is 11.3 Å². The summed E-state index contributed by atoms with van der Waals surface area (Å²) in [6.07, 6.45) is 1.44. The van der Waals surface area contributed by atoms with Crippen molar-refractivity contribution in [3.8, 4) is 11.3 Å². The number of nitrogens with zero attached hydrogens (tertiary/aromatic N) is 2. The molecule has 2 aromatic carbocycles. The summed E-state index contributed by atoms with van der Waals surface area (Å²) in [4.78, 5) is 47.3. The van der Waals surface area contributed by atoms with E-state index in [0.717, 1.165) is 12.1 Å². The van der Waals surface area contributed by atoms with Crippen molar-refractivity contribution in [2.24, 2.45) is 5.92 Å². The molecule has 2 aliphatic heterocycles. The Morgan fingerprint density at radius 1 is 1.19 bits per heavy atom. The summed E-state index contributed by atoms with van der Waals surface area (Å²) in [6.45, 7) is 2.15. The number of H-pyrrole nitrogens is 1. The van der Waals surface area contributed by atoms with E-state index in [9.17, 15) is 23.2 Å². The van der Waals surface area contributed by atoms with Crippen molar-refractivity contribution in [1.82, 2.24) is 14.9 Å². The largest absolute Gasteiger partial charge is 0.453 e. The summed E-state index contributed by atoms with van der Waals surface area (Å²) in [6, 6.07) is 6.67. The standard InChI is InChI=1S/C29H30ClF2N5O5/c1-15-4-3-5-22(37-11-10-23(42-29(37)40)25-19(31)9-8-18(30)26(25)32)27-33-14-21(36-27)17-7-6-16(34-28(39)41-2)13-20(17)35-24(38)12-15/h6-9,13-15,22-23H,3-5,10-12H2,1-2H3,(H,33,36)(H,34,39)(H,35,38)/t15?,22?,23-/m1/s1. The van der Waals surface area contributed by atoms with Gasteiger partial charge in [-0.3, -0.25) is 15.0 Å². The molecular formula is C29H30ClF2N5O5. The summed E-state index contributed by atoms with van der Waals surface area (Å²) >= 11 is 5.86. The molecule has 5 rings (SSSR count). The molecule has 2 bridgehead atoms. The second-order valence-electron chi connectivity index (χ2n) is 10.5. The van der Waals surface area contributed by atoms with Gasteiger partial charge in [-0.2, -0.15) is 0 Å². The molecule has 1 saturated heterocycles. The van der Waals surface area contributed by atoms with Gasteiger partial charge in [0.1, 0.15) is 17.7 Å². The summed E-state index contributed by atoms with van der Waals surface area (Å²) < 4.78 is 39.4. The van der Waals surface area contributed by atoms with Gasteiger partial charge in [-0.05, 0) is 42.7 Å². The number of cyclic esters (lactones) is 1. The number of imidazole rings is 1. The van der Waals surface area contributed by atoms with E-state index in [1.54, 1.807) is 24.4 Å². The zero-order chi connectivity index (χ0) is 30.0. The highest BCUT2D eigenvalue weighted by molar-refractivity contribution is 6.30. The Labute approximate surface area is 245 Å². The van der Waals surface area contributed by atoms with E-state index in [1.165, 1.54) is 12.0 Å². The lowest BCUT2D eigenvalue weighted by Gasteiger charge is -2.36. The third-order valence-corrected chi connectivity index (χ3v) is 7.81. The summed E-state index contributed by atoms with van der Waals surface area (Å²) in [5, 5.41) is 5.28. The number of carbonyl (C=O) groups excluding carboxylic acids is 3. The molecule has 3 aromatic rings. The zero-order valence-electron chi connectivity index (χ0n) is 23.0. The van der Waals surface area contributed by atoms with Gasteiger partial charge in [-0.1, -0.05) is 31.4 Å². The van der Waals surface area contributed by atoms with E-state index in [0.29, 0.717) is 47.7 Å². The van der Waals surface area contributed by atoms with Gasteiger partial charge < -0.3 is 19.8 Å². The first-order valence-corrected chi connectivity index (χ1v) is 14.0. The van der Waals surface area contributed by atoms with Gasteiger partial charge >= 0.3 is 12.2 Å². The normalized spacial score (nSPS) is 21.2. The van der Waals surface area contributed by atoms with Gasteiger partial charge in [0.25, 0.3) is 0 Å². The number of anilines is 2. The van der Waals surface area contributed by atoms with Gasteiger partial charge in [-0.15, -0.1) is 0 Å². The number of hydrogen-bond acceptors (Lipinski definition) is 6. The lowest BCUT2D eigenvalue weighted by molar-refractivity contribution is -0.117. The Kier molecular flexibility index (Phi) is 8.62. The fourth-order valence-corrected chi connectivity index (χ4v) is 5.58. The number of hydrogen-bond donors (Lipinski definition) is 3. The highest BCUT2D eigenvalue weighted by atomic mass is 35.5. The third kappa shape index (κ3) is 6.18. The maximum atomic E-state index is 14.7. The first-order valence-electron chi connectivity index (χ1n) is 13.6. The molecule has 3 atom stereocenters. The molecule has 1 aromatic heterocycles. The summed E-state index contributed by atoms with van der Waals surface area (Å²) in [5.41, 5.74) is 1.71. The van der Waals surface area contributed by atoms with E-state index in [4.69, 9.17) is 16.3 Å². The van der Waals surface area contributed by atoms with Crippen LogP contribution in [0, 0.1) is 17.6 Å². The van der Waals surface area contributed by atoms with E-state index in [-0.39, 0.29) is 41.8 Å². The predicted molar refractivity (Wildman–Crippen MR) is 151 cm³/mol. The minimum atomic E-state index is -1.12. The molecule has 0 radical (unpaired) electrons. The van der Waals surface area contributed by atoms with Crippen molar-refractivity contribution in [3.63, 3.8) is 0 Å². The Morgan fingerprint density at radius 3 is 2.76 bits per heavy atom. The van der Waals surface area contributed by atoms with Crippen molar-refractivity contribution in [2.75, 3.05) is 24.3 Å². The number of amides is 3. The lowest BCUT2D eigenvalue weighted by Crippen LogP contribution is -2.42. The Hall–Kier alpha value is -4.19. The first kappa shape index (κ1) is 29.3. The topological polar surface area (TPSA) is 126 Å². The molecule has 3 heterocycles. The molecule has 3 N–H and O–H groups in total. The quantitative estimate of drug-likeness (QED) is 0.279. The molecule has 13 heteroatoms. The second kappa shape index (κ2) is 12.4. The van der Waals surface area contributed by atoms with Crippen LogP contribution in [0.4, 0.5) is 29.7 Å². The van der Waals surface area contributed by atoms with Crippen LogP contribution in [0.1, 0.15) is 62.6 Å². The second-order valence-corrected chi connectivity index (χ2v) is 10.9. The third-order valence-electron chi connectivity index (χ3n) is 7.52. The van der Waals surface area contributed by atoms with E-state index in [2.05, 4.69) is 25.3 Å². The van der Waals surface area contributed by atoms with E-state index < -0.39 is 36.0 Å². The van der Waals surface area contributed by atoms with Crippen LogP contribution in [0.15, 0.2) is 36.5 Å². The molecule has 42 heavy (non-hydrogen) atoms. The number of fused-ring (bicyclic) bond motifs is 4. The Bertz CT molecular complexity index is 1520. The van der Waals surface area contributed by atoms with Crippen molar-refractivity contribution in [3.05, 3.63) is 64.6 Å². The minimum Gasteiger partial charge on any atom is -0.453 e. The van der Waals surface area contributed by atoms with Crippen LogP contribution in [0.5, 0.6) is 0 Å². The monoisotopic (exact) mass is 601 g/mol. The maximum Gasteiger partial charge on any atom is 0.411 e. The molecule has 3 amide bonds. The molecule has 1 fully saturated rings. The number of nitrogens with one attached hydrogen (secondary N) is 3. The highest BCUT2D eigenvalue weighted by Crippen LogP contribution is 2.38. The smallest absolute Gasteiger partial charge is 0.411 e. The van der Waals surface area contributed by atoms with Gasteiger partial charge in [0.2, 0.25) is 5.91 Å². The number of aromatic amines is 1. The average Bonchev–Trinajstić information content (AvgIpc) is 3.43. The first-order chi connectivity index (χ1) is 20.1. The number of rotatable bonds is 3.